The van der Waals surface area contributed by atoms with Crippen molar-refractivity contribution in [1.29, 1.82) is 5.26 Å². The van der Waals surface area contributed by atoms with Gasteiger partial charge < -0.3 is 0 Å². The highest BCUT2D eigenvalue weighted by molar-refractivity contribution is 8.00. The van der Waals surface area contributed by atoms with Gasteiger partial charge in [-0.3, -0.25) is 10.1 Å². The average Bonchev–Trinajstić information content (AvgIpc) is 2.29. The Balaban J connectivity index is 2.87. The number of nitriles is 1. The number of nitro groups is 1. The lowest BCUT2D eigenvalue weighted by molar-refractivity contribution is -0.387. The van der Waals surface area contributed by atoms with Crippen molar-refractivity contribution in [3.63, 3.8) is 0 Å². The Bertz CT molecular complexity index is 415. The molecule has 0 amide bonds. The highest BCUT2D eigenvalue weighted by Crippen LogP contribution is 2.33. The fourth-order valence-electron chi connectivity index (χ4n) is 1.26. The van der Waals surface area contributed by atoms with Gasteiger partial charge in [0.15, 0.2) is 0 Å². The minimum absolute atomic E-state index is 0.115. The second-order valence-corrected chi connectivity index (χ2v) is 4.58. The molecule has 0 aliphatic carbocycles. The van der Waals surface area contributed by atoms with Crippen molar-refractivity contribution in [1.82, 2.24) is 0 Å². The molecule has 1 aromatic carbocycles. The summed E-state index contributed by atoms with van der Waals surface area (Å²) >= 11 is 1.40. The number of nitro benzene ring substituents is 1. The first-order valence-corrected chi connectivity index (χ1v) is 5.84. The maximum Gasteiger partial charge on any atom is 0.282 e. The van der Waals surface area contributed by atoms with Crippen LogP contribution in [0.5, 0.6) is 0 Å². The van der Waals surface area contributed by atoms with Gasteiger partial charge in [-0.2, -0.15) is 5.26 Å². The van der Waals surface area contributed by atoms with Gasteiger partial charge in [0.2, 0.25) is 0 Å². The lowest BCUT2D eigenvalue weighted by Crippen LogP contribution is -2.00. The maximum atomic E-state index is 10.8. The van der Waals surface area contributed by atoms with Crippen LogP contribution in [0.3, 0.4) is 0 Å². The van der Waals surface area contributed by atoms with E-state index in [2.05, 4.69) is 6.07 Å². The van der Waals surface area contributed by atoms with E-state index in [0.717, 1.165) is 6.42 Å². The van der Waals surface area contributed by atoms with Crippen molar-refractivity contribution in [3.05, 3.63) is 34.4 Å². The second kappa shape index (κ2) is 6.13. The number of para-hydroxylation sites is 1. The molecule has 1 aromatic rings. The summed E-state index contributed by atoms with van der Waals surface area (Å²) in [6.07, 6.45) is 1.23. The maximum absolute atomic E-state index is 10.8. The largest absolute Gasteiger partial charge is 0.282 e. The number of benzene rings is 1. The summed E-state index contributed by atoms with van der Waals surface area (Å²) in [7, 11) is 0. The molecule has 1 atom stereocenters. The van der Waals surface area contributed by atoms with Crippen LogP contribution in [0.1, 0.15) is 19.8 Å². The molecule has 0 aliphatic heterocycles. The van der Waals surface area contributed by atoms with Gasteiger partial charge in [0.1, 0.15) is 0 Å². The predicted octanol–water partition coefficient (Wildman–Crippen LogP) is 3.38. The Morgan fingerprint density at radius 3 is 2.81 bits per heavy atom. The summed E-state index contributed by atoms with van der Waals surface area (Å²) in [4.78, 5) is 11.0. The zero-order valence-corrected chi connectivity index (χ0v) is 9.74. The average molecular weight is 236 g/mol. The van der Waals surface area contributed by atoms with Gasteiger partial charge in [-0.25, -0.2) is 0 Å². The van der Waals surface area contributed by atoms with E-state index in [4.69, 9.17) is 5.26 Å². The van der Waals surface area contributed by atoms with E-state index >= 15 is 0 Å². The van der Waals surface area contributed by atoms with Crippen LogP contribution in [0.2, 0.25) is 0 Å². The number of rotatable bonds is 5. The molecule has 0 spiro atoms. The summed E-state index contributed by atoms with van der Waals surface area (Å²) in [6, 6.07) is 8.73. The Morgan fingerprint density at radius 2 is 2.25 bits per heavy atom. The van der Waals surface area contributed by atoms with Gasteiger partial charge >= 0.3 is 0 Å². The molecule has 1 unspecified atom stereocenters. The monoisotopic (exact) mass is 236 g/mol. The fraction of sp³-hybridized carbons (Fsp3) is 0.364. The molecule has 0 saturated heterocycles. The molecule has 0 fully saturated rings. The van der Waals surface area contributed by atoms with Gasteiger partial charge in [0, 0.05) is 17.7 Å². The van der Waals surface area contributed by atoms with Crippen LogP contribution >= 0.6 is 11.8 Å². The highest BCUT2D eigenvalue weighted by Gasteiger charge is 2.16. The van der Waals surface area contributed by atoms with Gasteiger partial charge in [0.05, 0.1) is 15.9 Å². The third-order valence-corrected chi connectivity index (χ3v) is 3.56. The van der Waals surface area contributed by atoms with E-state index in [1.165, 1.54) is 17.8 Å². The number of thioether (sulfide) groups is 1. The normalized spacial score (nSPS) is 11.8. The highest BCUT2D eigenvalue weighted by atomic mass is 32.2. The van der Waals surface area contributed by atoms with Crippen LogP contribution in [0.15, 0.2) is 29.2 Å². The third-order valence-electron chi connectivity index (χ3n) is 2.13. The van der Waals surface area contributed by atoms with Gasteiger partial charge in [0.25, 0.3) is 5.69 Å². The SMILES string of the molecule is CCC(CC#N)Sc1ccccc1[N+](=O)[O-]. The van der Waals surface area contributed by atoms with E-state index in [1.807, 2.05) is 6.92 Å². The standard InChI is InChI=1S/C11H12N2O2S/c1-2-9(7-8-12)16-11-6-4-3-5-10(11)13(14)15/h3-6,9H,2,7H2,1H3. The lowest BCUT2D eigenvalue weighted by Gasteiger charge is -2.10. The van der Waals surface area contributed by atoms with Crippen molar-refractivity contribution in [2.45, 2.75) is 29.9 Å². The second-order valence-electron chi connectivity index (χ2n) is 3.24. The first kappa shape index (κ1) is 12.5. The molecule has 0 aliphatic rings. The minimum atomic E-state index is -0.387. The molecule has 16 heavy (non-hydrogen) atoms. The van der Waals surface area contributed by atoms with E-state index in [1.54, 1.807) is 18.2 Å². The minimum Gasteiger partial charge on any atom is -0.258 e. The number of hydrogen-bond acceptors (Lipinski definition) is 4. The van der Waals surface area contributed by atoms with Crippen molar-refractivity contribution >= 4 is 17.4 Å². The van der Waals surface area contributed by atoms with Crippen LogP contribution in [0, 0.1) is 21.4 Å². The Labute approximate surface area is 98.4 Å². The molecule has 0 radical (unpaired) electrons. The van der Waals surface area contributed by atoms with E-state index in [9.17, 15) is 10.1 Å². The van der Waals surface area contributed by atoms with Crippen LogP contribution in [-0.4, -0.2) is 10.2 Å². The van der Waals surface area contributed by atoms with E-state index < -0.39 is 0 Å². The van der Waals surface area contributed by atoms with E-state index in [0.29, 0.717) is 11.3 Å². The molecule has 0 N–H and O–H groups in total. The van der Waals surface area contributed by atoms with Crippen LogP contribution in [-0.2, 0) is 0 Å². The zero-order valence-electron chi connectivity index (χ0n) is 8.92. The molecular weight excluding hydrogens is 224 g/mol. The molecule has 84 valence electrons. The lowest BCUT2D eigenvalue weighted by atomic mass is 10.3. The summed E-state index contributed by atoms with van der Waals surface area (Å²) in [5.41, 5.74) is 0.115. The van der Waals surface area contributed by atoms with Gasteiger partial charge in [-0.15, -0.1) is 11.8 Å². The molecule has 0 aromatic heterocycles. The Hall–Kier alpha value is -1.54. The van der Waals surface area contributed by atoms with Crippen LogP contribution < -0.4 is 0 Å². The van der Waals surface area contributed by atoms with Gasteiger partial charge in [-0.1, -0.05) is 19.1 Å². The summed E-state index contributed by atoms with van der Waals surface area (Å²) in [5.74, 6) is 0. The summed E-state index contributed by atoms with van der Waals surface area (Å²) in [6.45, 7) is 1.98. The predicted molar refractivity (Wildman–Crippen MR) is 63.3 cm³/mol. The zero-order chi connectivity index (χ0) is 12.0. The number of hydrogen-bond donors (Lipinski definition) is 0. The van der Waals surface area contributed by atoms with Crippen molar-refractivity contribution in [2.75, 3.05) is 0 Å². The van der Waals surface area contributed by atoms with Crippen molar-refractivity contribution in [2.24, 2.45) is 0 Å². The Morgan fingerprint density at radius 1 is 1.56 bits per heavy atom. The third kappa shape index (κ3) is 3.24. The first-order valence-electron chi connectivity index (χ1n) is 4.96. The van der Waals surface area contributed by atoms with Gasteiger partial charge in [-0.05, 0) is 12.5 Å². The van der Waals surface area contributed by atoms with Crippen LogP contribution in [0.4, 0.5) is 5.69 Å². The molecule has 5 heteroatoms. The smallest absolute Gasteiger partial charge is 0.258 e. The van der Waals surface area contributed by atoms with Crippen LogP contribution in [0.25, 0.3) is 0 Å². The molecule has 4 nitrogen and oxygen atoms in total. The molecule has 0 heterocycles. The van der Waals surface area contributed by atoms with Crippen molar-refractivity contribution < 1.29 is 4.92 Å². The van der Waals surface area contributed by atoms with Crippen molar-refractivity contribution in [3.8, 4) is 6.07 Å². The quantitative estimate of drug-likeness (QED) is 0.446. The fourth-order valence-corrected chi connectivity index (χ4v) is 2.36. The Kier molecular flexibility index (Phi) is 4.80. The molecule has 0 saturated carbocycles. The van der Waals surface area contributed by atoms with E-state index in [-0.39, 0.29) is 15.9 Å². The summed E-state index contributed by atoms with van der Waals surface area (Å²) in [5, 5.41) is 19.5. The first-order chi connectivity index (χ1) is 7.69. The molecular formula is C11H12N2O2S. The topological polar surface area (TPSA) is 66.9 Å². The molecule has 0 bridgehead atoms. The molecule has 1 rings (SSSR count). The number of nitrogens with zero attached hydrogens (tertiary/aromatic N) is 2. The summed E-state index contributed by atoms with van der Waals surface area (Å²) < 4.78 is 0.